The second kappa shape index (κ2) is 14.1. The van der Waals surface area contributed by atoms with Crippen molar-refractivity contribution in [3.63, 3.8) is 0 Å². The molecule has 1 unspecified atom stereocenters. The quantitative estimate of drug-likeness (QED) is 0.156. The van der Waals surface area contributed by atoms with E-state index in [1.807, 2.05) is 0 Å². The summed E-state index contributed by atoms with van der Waals surface area (Å²) >= 11 is 0. The van der Waals surface area contributed by atoms with Crippen LogP contribution in [0.2, 0.25) is 0 Å². The second-order valence-electron chi connectivity index (χ2n) is 19.9. The molecule has 71 heavy (non-hydrogen) atoms. The Morgan fingerprint density at radius 1 is 0.254 bits per heavy atom. The number of nitrogens with zero attached hydrogens (tertiary/aromatic N) is 2. The van der Waals surface area contributed by atoms with Gasteiger partial charge in [-0.2, -0.15) is 0 Å². The van der Waals surface area contributed by atoms with E-state index in [0.29, 0.717) is 0 Å². The first-order valence-electron chi connectivity index (χ1n) is 24.9. The second-order valence-corrected chi connectivity index (χ2v) is 19.9. The zero-order chi connectivity index (χ0) is 46.7. The number of fused-ring (bicyclic) bond motifs is 20. The van der Waals surface area contributed by atoms with Gasteiger partial charge >= 0.3 is 0 Å². The molecule has 0 radical (unpaired) electrons. The molecule has 0 fully saturated rings. The first kappa shape index (κ1) is 38.9. The lowest BCUT2D eigenvalue weighted by Crippen LogP contribution is -2.25. The first-order valence-corrected chi connectivity index (χ1v) is 24.9. The Kier molecular flexibility index (Phi) is 7.71. The van der Waals surface area contributed by atoms with Gasteiger partial charge in [-0.05, 0) is 117 Å². The Morgan fingerprint density at radius 2 is 0.662 bits per heavy atom. The molecule has 14 aromatic rings. The van der Waals surface area contributed by atoms with Crippen LogP contribution in [0.1, 0.15) is 22.3 Å². The van der Waals surface area contributed by atoms with Crippen LogP contribution in [0.4, 0.5) is 0 Å². The van der Waals surface area contributed by atoms with Crippen molar-refractivity contribution in [3.8, 4) is 55.6 Å². The monoisotopic (exact) mass is 900 g/mol. The van der Waals surface area contributed by atoms with E-state index in [9.17, 15) is 0 Å². The van der Waals surface area contributed by atoms with E-state index in [1.165, 1.54) is 154 Å². The molecule has 12 aromatic carbocycles. The number of aromatic nitrogens is 2. The third-order valence-electron chi connectivity index (χ3n) is 16.7. The van der Waals surface area contributed by atoms with Crippen LogP contribution in [-0.2, 0) is 19.5 Å². The number of rotatable bonds is 3. The molecule has 1 atom stereocenters. The number of hydrogen-bond donors (Lipinski definition) is 0. The third-order valence-corrected chi connectivity index (χ3v) is 16.7. The van der Waals surface area contributed by atoms with Crippen molar-refractivity contribution in [2.75, 3.05) is 0 Å². The van der Waals surface area contributed by atoms with Crippen molar-refractivity contribution in [1.29, 1.82) is 0 Å². The summed E-state index contributed by atoms with van der Waals surface area (Å²) in [6.45, 7) is 0. The zero-order valence-corrected chi connectivity index (χ0v) is 39.3. The zero-order valence-electron chi connectivity index (χ0n) is 39.3. The predicted octanol–water partition coefficient (Wildman–Crippen LogP) is 17.8. The molecule has 2 aliphatic carbocycles. The fourth-order valence-electron chi connectivity index (χ4n) is 14.0. The van der Waals surface area contributed by atoms with Crippen LogP contribution < -0.4 is 0 Å². The number of benzene rings is 12. The van der Waals surface area contributed by atoms with Gasteiger partial charge in [0.05, 0.1) is 16.4 Å². The van der Waals surface area contributed by atoms with E-state index < -0.39 is 5.41 Å². The topological polar surface area (TPSA) is 9.86 Å². The molecule has 16 rings (SSSR count). The summed E-state index contributed by atoms with van der Waals surface area (Å²) in [4.78, 5) is 0. The van der Waals surface area contributed by atoms with Crippen molar-refractivity contribution < 1.29 is 0 Å². The summed E-state index contributed by atoms with van der Waals surface area (Å²) in [5.41, 5.74) is 22.6. The Bertz CT molecular complexity index is 4500. The lowest BCUT2D eigenvalue weighted by molar-refractivity contribution is 0.794. The summed E-state index contributed by atoms with van der Waals surface area (Å²) in [6, 6.07) is 87.4. The minimum absolute atomic E-state index is 0.497. The van der Waals surface area contributed by atoms with Crippen molar-refractivity contribution in [2.24, 2.45) is 14.1 Å². The Morgan fingerprint density at radius 3 is 1.27 bits per heavy atom. The van der Waals surface area contributed by atoms with E-state index in [1.54, 1.807) is 0 Å². The van der Waals surface area contributed by atoms with E-state index in [-0.39, 0.29) is 0 Å². The van der Waals surface area contributed by atoms with E-state index in [0.717, 1.165) is 0 Å². The van der Waals surface area contributed by atoms with Gasteiger partial charge in [0.25, 0.3) is 0 Å². The molecule has 0 bridgehead atoms. The molecule has 0 aliphatic heterocycles. The van der Waals surface area contributed by atoms with E-state index >= 15 is 0 Å². The molecule has 0 N–H and O–H groups in total. The van der Waals surface area contributed by atoms with Gasteiger partial charge in [0.2, 0.25) is 0 Å². The van der Waals surface area contributed by atoms with Gasteiger partial charge in [-0.25, -0.2) is 0 Å². The maximum Gasteiger partial charge on any atom is 0.0725 e. The summed E-state index contributed by atoms with van der Waals surface area (Å²) in [6.07, 6.45) is 0. The molecule has 2 heteroatoms. The highest BCUT2D eigenvalue weighted by Gasteiger charge is 2.52. The Labute approximate surface area is 410 Å². The maximum absolute atomic E-state index is 2.52. The van der Waals surface area contributed by atoms with Crippen molar-refractivity contribution in [3.05, 3.63) is 253 Å². The van der Waals surface area contributed by atoms with Crippen LogP contribution in [0.15, 0.2) is 231 Å². The van der Waals surface area contributed by atoms with Crippen LogP contribution in [0.3, 0.4) is 0 Å². The highest BCUT2D eigenvalue weighted by Crippen LogP contribution is 2.65. The average molecular weight is 901 g/mol. The van der Waals surface area contributed by atoms with Gasteiger partial charge in [0.1, 0.15) is 0 Å². The molecule has 2 nitrogen and oxygen atoms in total. The molecule has 0 saturated heterocycles. The van der Waals surface area contributed by atoms with Crippen molar-refractivity contribution in [2.45, 2.75) is 5.41 Å². The van der Waals surface area contributed by atoms with Crippen molar-refractivity contribution >= 4 is 75.9 Å². The first-order chi connectivity index (χ1) is 35.1. The number of aryl methyl sites for hydroxylation is 2. The van der Waals surface area contributed by atoms with Gasteiger partial charge in [-0.1, -0.05) is 212 Å². The Balaban J connectivity index is 1.06. The van der Waals surface area contributed by atoms with Crippen molar-refractivity contribution in [1.82, 2.24) is 9.13 Å². The van der Waals surface area contributed by atoms with Gasteiger partial charge < -0.3 is 9.13 Å². The molecule has 2 heterocycles. The molecular formula is C69H44N2. The summed E-state index contributed by atoms with van der Waals surface area (Å²) in [5, 5.41) is 12.6. The standard InChI is InChI=1S/C69H44N2/c1-70-62-36-11-7-20-45(62)51-30-15-28-49(67(51)70)43-24-13-26-47-56(43)40-57-44(50-29-16-31-52-46-21-8-12-37-63(46)71(2)68(50)52)25-14-27-48(57)64(47)55-32-17-35-60-66(55)54-23-6-10-34-59(54)69(60)58-33-9-5-22-53(58)65-42-19-4-3-18-41(42)38-39-61(65)69/h3-40H,1-2H3. The van der Waals surface area contributed by atoms with Crippen LogP contribution in [0, 0.1) is 0 Å². The van der Waals surface area contributed by atoms with Crippen LogP contribution in [-0.4, -0.2) is 9.13 Å². The lowest BCUT2D eigenvalue weighted by Gasteiger charge is -2.30. The van der Waals surface area contributed by atoms with Crippen LogP contribution in [0.25, 0.3) is 132 Å². The number of para-hydroxylation sites is 4. The molecule has 0 amide bonds. The maximum atomic E-state index is 2.52. The van der Waals surface area contributed by atoms with Gasteiger partial charge in [0.15, 0.2) is 0 Å². The lowest BCUT2D eigenvalue weighted by atomic mass is 9.70. The third kappa shape index (κ3) is 4.87. The minimum atomic E-state index is -0.497. The summed E-state index contributed by atoms with van der Waals surface area (Å²) in [7, 11) is 4.46. The SMILES string of the molecule is Cn1c2ccccc2c2cccc(-c3cccc4c(-c5cccc6c5-c5ccccc5C65c6ccccc6-c6c5ccc5ccccc65)c5cccc(-c6cccc7c8ccccc8n(C)c67)c5cc34)c21. The molecule has 330 valence electrons. The van der Waals surface area contributed by atoms with Gasteiger partial charge in [-0.3, -0.25) is 0 Å². The minimum Gasteiger partial charge on any atom is -0.343 e. The van der Waals surface area contributed by atoms with Gasteiger partial charge in [0, 0.05) is 57.8 Å². The highest BCUT2D eigenvalue weighted by molar-refractivity contribution is 6.24. The fourth-order valence-corrected chi connectivity index (χ4v) is 14.0. The van der Waals surface area contributed by atoms with E-state index in [2.05, 4.69) is 254 Å². The average Bonchev–Trinajstić information content (AvgIpc) is 4.12. The van der Waals surface area contributed by atoms with E-state index in [4.69, 9.17) is 0 Å². The summed E-state index contributed by atoms with van der Waals surface area (Å²) < 4.78 is 4.79. The van der Waals surface area contributed by atoms with Crippen LogP contribution >= 0.6 is 0 Å². The molecule has 2 aliphatic rings. The molecule has 0 saturated carbocycles. The number of hydrogen-bond acceptors (Lipinski definition) is 0. The summed E-state index contributed by atoms with van der Waals surface area (Å²) in [5.74, 6) is 0. The Hall–Kier alpha value is -8.98. The molecule has 1 spiro atoms. The van der Waals surface area contributed by atoms with Gasteiger partial charge in [-0.15, -0.1) is 0 Å². The predicted molar refractivity (Wildman–Crippen MR) is 300 cm³/mol. The highest BCUT2D eigenvalue weighted by atomic mass is 14.9. The molecular weight excluding hydrogens is 857 g/mol. The largest absolute Gasteiger partial charge is 0.343 e. The van der Waals surface area contributed by atoms with Crippen LogP contribution in [0.5, 0.6) is 0 Å². The fraction of sp³-hybridized carbons (Fsp3) is 0.0435. The smallest absolute Gasteiger partial charge is 0.0725 e. The normalized spacial score (nSPS) is 14.7. The molecule has 2 aromatic heterocycles.